The minimum Gasteiger partial charge on any atom is -0.390 e. The molecule has 12 nitrogen and oxygen atoms in total. The number of hydrogen-bond donors (Lipinski definition) is 3. The number of carbonyl (C=O) groups excluding carboxylic acids is 2. The van der Waals surface area contributed by atoms with E-state index in [9.17, 15) is 14.7 Å². The molecule has 0 aromatic carbocycles. The molecular formula is C20H29N9O3. The Labute approximate surface area is 186 Å². The second-order valence-corrected chi connectivity index (χ2v) is 8.25. The third-order valence-electron chi connectivity index (χ3n) is 5.88. The Morgan fingerprint density at radius 1 is 1.22 bits per heavy atom. The lowest BCUT2D eigenvalue weighted by Crippen LogP contribution is -2.43. The lowest BCUT2D eigenvalue weighted by Gasteiger charge is -2.31. The van der Waals surface area contributed by atoms with Gasteiger partial charge in [-0.25, -0.2) is 9.97 Å². The molecule has 4 rings (SSSR count). The molecule has 0 spiro atoms. The van der Waals surface area contributed by atoms with E-state index in [4.69, 9.17) is 0 Å². The summed E-state index contributed by atoms with van der Waals surface area (Å²) >= 11 is 0. The molecule has 1 fully saturated rings. The first-order valence-corrected chi connectivity index (χ1v) is 10.9. The lowest BCUT2D eigenvalue weighted by atomic mass is 10.1. The van der Waals surface area contributed by atoms with Crippen LogP contribution in [0.25, 0.3) is 0 Å². The Morgan fingerprint density at radius 3 is 2.81 bits per heavy atom. The SMILES string of the molecule is CC(=O)N1CCC(Nc2cc(C(=O)NC[C@H](O)CN3CCn4cnnc4C3)ncn2)CC1. The summed E-state index contributed by atoms with van der Waals surface area (Å²) in [6.07, 6.45) is 4.00. The monoisotopic (exact) mass is 443 g/mol. The number of piperidine rings is 1. The number of β-amino-alcohol motifs (C(OH)–C–C–N with tert-alkyl or cyclic N) is 1. The number of nitrogens with zero attached hydrogens (tertiary/aromatic N) is 7. The molecule has 172 valence electrons. The van der Waals surface area contributed by atoms with E-state index in [1.54, 1.807) is 19.3 Å². The molecule has 0 bridgehead atoms. The summed E-state index contributed by atoms with van der Waals surface area (Å²) < 4.78 is 2.00. The van der Waals surface area contributed by atoms with Crippen LogP contribution in [0.4, 0.5) is 5.82 Å². The van der Waals surface area contributed by atoms with Crippen molar-refractivity contribution in [3.63, 3.8) is 0 Å². The van der Waals surface area contributed by atoms with Gasteiger partial charge in [0.1, 0.15) is 30.0 Å². The molecule has 32 heavy (non-hydrogen) atoms. The number of likely N-dealkylation sites (tertiary alicyclic amines) is 1. The first-order valence-electron chi connectivity index (χ1n) is 10.9. The smallest absolute Gasteiger partial charge is 0.270 e. The van der Waals surface area contributed by atoms with Gasteiger partial charge >= 0.3 is 0 Å². The number of rotatable bonds is 7. The molecule has 4 heterocycles. The molecule has 2 aromatic heterocycles. The molecule has 1 saturated heterocycles. The fourth-order valence-electron chi connectivity index (χ4n) is 4.04. The van der Waals surface area contributed by atoms with Crippen LogP contribution >= 0.6 is 0 Å². The molecule has 2 aliphatic rings. The third kappa shape index (κ3) is 5.56. The Hall–Kier alpha value is -3.12. The molecule has 3 N–H and O–H groups in total. The minimum absolute atomic E-state index is 0.0928. The van der Waals surface area contributed by atoms with Gasteiger partial charge in [0, 0.05) is 58.3 Å². The van der Waals surface area contributed by atoms with Crippen molar-refractivity contribution in [3.8, 4) is 0 Å². The van der Waals surface area contributed by atoms with Gasteiger partial charge in [-0.3, -0.25) is 14.5 Å². The van der Waals surface area contributed by atoms with Crippen molar-refractivity contribution < 1.29 is 14.7 Å². The standard InChI is InChI=1S/C20H29N9O3/c1-14(30)28-4-2-15(3-5-28)25-18-8-17(22-12-23-18)20(32)21-9-16(31)10-27-6-7-29-13-24-26-19(29)11-27/h8,12-13,15-16,31H,2-7,9-11H2,1H3,(H,21,32)(H,22,23,25)/t16-/m0/s1. The van der Waals surface area contributed by atoms with E-state index in [0.717, 1.165) is 31.8 Å². The van der Waals surface area contributed by atoms with Crippen LogP contribution in [0.15, 0.2) is 18.7 Å². The van der Waals surface area contributed by atoms with Crippen LogP contribution in [0.5, 0.6) is 0 Å². The molecule has 1 atom stereocenters. The van der Waals surface area contributed by atoms with E-state index in [1.807, 2.05) is 9.47 Å². The van der Waals surface area contributed by atoms with E-state index in [2.05, 4.69) is 35.7 Å². The van der Waals surface area contributed by atoms with Crippen LogP contribution in [-0.4, -0.2) is 96.3 Å². The Morgan fingerprint density at radius 2 is 2.03 bits per heavy atom. The summed E-state index contributed by atoms with van der Waals surface area (Å²) in [4.78, 5) is 36.1. The number of aromatic nitrogens is 5. The topological polar surface area (TPSA) is 141 Å². The number of nitrogens with one attached hydrogen (secondary N) is 2. The molecule has 2 amide bonds. The van der Waals surface area contributed by atoms with Gasteiger partial charge < -0.3 is 25.2 Å². The minimum atomic E-state index is -0.709. The fraction of sp³-hybridized carbons (Fsp3) is 0.600. The number of carbonyl (C=O) groups is 2. The zero-order valence-electron chi connectivity index (χ0n) is 18.1. The molecule has 0 radical (unpaired) electrons. The largest absolute Gasteiger partial charge is 0.390 e. The number of anilines is 1. The van der Waals surface area contributed by atoms with Crippen LogP contribution in [-0.2, 0) is 17.9 Å². The second kappa shape index (κ2) is 10.0. The molecule has 0 saturated carbocycles. The van der Waals surface area contributed by atoms with Gasteiger partial charge in [0.05, 0.1) is 12.6 Å². The van der Waals surface area contributed by atoms with Gasteiger partial charge in [-0.1, -0.05) is 0 Å². The maximum Gasteiger partial charge on any atom is 0.270 e. The highest BCUT2D eigenvalue weighted by atomic mass is 16.3. The van der Waals surface area contributed by atoms with E-state index < -0.39 is 6.10 Å². The lowest BCUT2D eigenvalue weighted by molar-refractivity contribution is -0.129. The number of aliphatic hydroxyl groups is 1. The molecule has 12 heteroatoms. The number of amides is 2. The van der Waals surface area contributed by atoms with Crippen LogP contribution in [0.2, 0.25) is 0 Å². The molecular weight excluding hydrogens is 414 g/mol. The zero-order valence-corrected chi connectivity index (χ0v) is 18.1. The Balaban J connectivity index is 1.23. The average molecular weight is 444 g/mol. The van der Waals surface area contributed by atoms with Gasteiger partial charge in [-0.05, 0) is 12.8 Å². The number of aliphatic hydroxyl groups excluding tert-OH is 1. The highest BCUT2D eigenvalue weighted by Crippen LogP contribution is 2.15. The van der Waals surface area contributed by atoms with Gasteiger partial charge in [0.15, 0.2) is 0 Å². The second-order valence-electron chi connectivity index (χ2n) is 8.25. The van der Waals surface area contributed by atoms with Crippen molar-refractivity contribution >= 4 is 17.6 Å². The maximum atomic E-state index is 12.5. The van der Waals surface area contributed by atoms with Crippen LogP contribution in [0, 0.1) is 0 Å². The fourth-order valence-corrected chi connectivity index (χ4v) is 4.04. The number of hydrogen-bond acceptors (Lipinski definition) is 9. The van der Waals surface area contributed by atoms with Crippen molar-refractivity contribution in [1.29, 1.82) is 0 Å². The van der Waals surface area contributed by atoms with E-state index in [1.165, 1.54) is 6.33 Å². The van der Waals surface area contributed by atoms with E-state index >= 15 is 0 Å². The molecule has 2 aromatic rings. The summed E-state index contributed by atoms with van der Waals surface area (Å²) in [6.45, 7) is 5.75. The number of fused-ring (bicyclic) bond motifs is 1. The van der Waals surface area contributed by atoms with Gasteiger partial charge in [0.25, 0.3) is 5.91 Å². The summed E-state index contributed by atoms with van der Waals surface area (Å²) in [5, 5.41) is 24.4. The van der Waals surface area contributed by atoms with Gasteiger partial charge in [0.2, 0.25) is 5.91 Å². The summed E-state index contributed by atoms with van der Waals surface area (Å²) in [5.41, 5.74) is 0.238. The quantitative estimate of drug-likeness (QED) is 0.496. The average Bonchev–Trinajstić information content (AvgIpc) is 3.26. The zero-order chi connectivity index (χ0) is 22.5. The highest BCUT2D eigenvalue weighted by Gasteiger charge is 2.22. The first kappa shape index (κ1) is 22.1. The van der Waals surface area contributed by atoms with Crippen molar-refractivity contribution in [2.75, 3.05) is 38.0 Å². The predicted molar refractivity (Wildman–Crippen MR) is 115 cm³/mol. The van der Waals surface area contributed by atoms with Crippen molar-refractivity contribution in [3.05, 3.63) is 30.2 Å². The van der Waals surface area contributed by atoms with Crippen molar-refractivity contribution in [1.82, 2.24) is 39.8 Å². The maximum absolute atomic E-state index is 12.5. The highest BCUT2D eigenvalue weighted by molar-refractivity contribution is 5.92. The van der Waals surface area contributed by atoms with Crippen LogP contribution < -0.4 is 10.6 Å². The Kier molecular flexibility index (Phi) is 6.90. The van der Waals surface area contributed by atoms with Crippen molar-refractivity contribution in [2.45, 2.75) is 45.0 Å². The predicted octanol–water partition coefficient (Wildman–Crippen LogP) is -0.903. The van der Waals surface area contributed by atoms with E-state index in [0.29, 0.717) is 32.0 Å². The Bertz CT molecular complexity index is 942. The third-order valence-corrected chi connectivity index (χ3v) is 5.88. The van der Waals surface area contributed by atoms with Crippen LogP contribution in [0.3, 0.4) is 0 Å². The normalized spacial score (nSPS) is 18.1. The summed E-state index contributed by atoms with van der Waals surface area (Å²) in [7, 11) is 0. The molecule has 0 aliphatic carbocycles. The van der Waals surface area contributed by atoms with Crippen LogP contribution in [0.1, 0.15) is 36.1 Å². The molecule has 0 unspecified atom stereocenters. The van der Waals surface area contributed by atoms with E-state index in [-0.39, 0.29) is 30.1 Å². The summed E-state index contributed by atoms with van der Waals surface area (Å²) in [6, 6.07) is 1.80. The van der Waals surface area contributed by atoms with Gasteiger partial charge in [-0.15, -0.1) is 10.2 Å². The first-order chi connectivity index (χ1) is 15.5. The molecule has 2 aliphatic heterocycles. The summed E-state index contributed by atoms with van der Waals surface area (Å²) in [5.74, 6) is 1.18. The van der Waals surface area contributed by atoms with Gasteiger partial charge in [-0.2, -0.15) is 0 Å². The van der Waals surface area contributed by atoms with Crippen molar-refractivity contribution in [2.24, 2.45) is 0 Å².